The molecule has 1 fully saturated rings. The number of benzene rings is 1. The average Bonchev–Trinajstić information content (AvgIpc) is 3.28. The van der Waals surface area contributed by atoms with E-state index in [-0.39, 0.29) is 17.7 Å². The van der Waals surface area contributed by atoms with Gasteiger partial charge < -0.3 is 10.5 Å². The molecule has 2 aromatic heterocycles. The zero-order valence-corrected chi connectivity index (χ0v) is 16.5. The van der Waals surface area contributed by atoms with Crippen LogP contribution in [0.3, 0.4) is 0 Å². The van der Waals surface area contributed by atoms with Gasteiger partial charge in [0.2, 0.25) is 0 Å². The van der Waals surface area contributed by atoms with Gasteiger partial charge in [-0.25, -0.2) is 0 Å². The van der Waals surface area contributed by atoms with Crippen LogP contribution >= 0.6 is 0 Å². The van der Waals surface area contributed by atoms with E-state index in [9.17, 15) is 0 Å². The lowest BCUT2D eigenvalue weighted by Crippen LogP contribution is -2.37. The lowest BCUT2D eigenvalue weighted by atomic mass is 9.86. The molecule has 1 unspecified atom stereocenters. The zero-order valence-electron chi connectivity index (χ0n) is 16.5. The number of aromatic nitrogens is 3. The summed E-state index contributed by atoms with van der Waals surface area (Å²) in [6, 6.07) is 12.4. The molecular formula is C22H27N5O. The highest BCUT2D eigenvalue weighted by Gasteiger charge is 2.39. The SMILES string of the molecule is CN1CCCC1(C)c1nnc2ccc(O[C@H]3CC[C@H](N)c4ccccc43)cn12. The quantitative estimate of drug-likeness (QED) is 0.755. The van der Waals surface area contributed by atoms with Gasteiger partial charge in [-0.05, 0) is 69.5 Å². The summed E-state index contributed by atoms with van der Waals surface area (Å²) in [5, 5.41) is 8.92. The second-order valence-electron chi connectivity index (χ2n) is 8.33. The molecule has 3 aromatic rings. The number of rotatable bonds is 3. The minimum atomic E-state index is -0.0950. The normalized spacial score (nSPS) is 27.8. The number of fused-ring (bicyclic) bond motifs is 2. The molecule has 0 saturated carbocycles. The summed E-state index contributed by atoms with van der Waals surface area (Å²) in [4.78, 5) is 2.37. The minimum absolute atomic E-state index is 0.0260. The Bertz CT molecular complexity index is 1020. The van der Waals surface area contributed by atoms with Crippen LogP contribution in [-0.4, -0.2) is 33.1 Å². The fourth-order valence-electron chi connectivity index (χ4n) is 4.76. The minimum Gasteiger partial charge on any atom is -0.484 e. The van der Waals surface area contributed by atoms with E-state index in [4.69, 9.17) is 10.5 Å². The van der Waals surface area contributed by atoms with E-state index in [1.165, 1.54) is 17.5 Å². The van der Waals surface area contributed by atoms with Crippen molar-refractivity contribution in [2.24, 2.45) is 5.73 Å². The Hall–Kier alpha value is -2.44. The molecule has 0 bridgehead atoms. The van der Waals surface area contributed by atoms with Crippen molar-refractivity contribution < 1.29 is 4.74 Å². The lowest BCUT2D eigenvalue weighted by molar-refractivity contribution is 0.174. The lowest BCUT2D eigenvalue weighted by Gasteiger charge is -2.31. The summed E-state index contributed by atoms with van der Waals surface area (Å²) in [6.45, 7) is 3.34. The monoisotopic (exact) mass is 377 g/mol. The molecular weight excluding hydrogens is 350 g/mol. The molecule has 2 N–H and O–H groups in total. The van der Waals surface area contributed by atoms with Crippen LogP contribution in [0.15, 0.2) is 42.6 Å². The molecule has 0 radical (unpaired) electrons. The first-order valence-corrected chi connectivity index (χ1v) is 10.1. The average molecular weight is 377 g/mol. The first-order valence-electron chi connectivity index (χ1n) is 10.1. The van der Waals surface area contributed by atoms with E-state index in [2.05, 4.69) is 57.7 Å². The van der Waals surface area contributed by atoms with Crippen molar-refractivity contribution in [1.29, 1.82) is 0 Å². The van der Waals surface area contributed by atoms with E-state index in [0.717, 1.165) is 43.0 Å². The van der Waals surface area contributed by atoms with E-state index in [0.29, 0.717) is 0 Å². The summed E-state index contributed by atoms with van der Waals surface area (Å²) >= 11 is 0. The van der Waals surface area contributed by atoms with Crippen molar-refractivity contribution in [3.8, 4) is 5.75 Å². The number of nitrogens with zero attached hydrogens (tertiary/aromatic N) is 4. The number of hydrogen-bond acceptors (Lipinski definition) is 5. The van der Waals surface area contributed by atoms with E-state index < -0.39 is 0 Å². The summed E-state index contributed by atoms with van der Waals surface area (Å²) in [6.07, 6.45) is 6.19. The first-order chi connectivity index (χ1) is 13.6. The predicted molar refractivity (Wildman–Crippen MR) is 108 cm³/mol. The Morgan fingerprint density at radius 3 is 2.71 bits per heavy atom. The molecule has 146 valence electrons. The molecule has 6 heteroatoms. The van der Waals surface area contributed by atoms with E-state index >= 15 is 0 Å². The largest absolute Gasteiger partial charge is 0.484 e. The Kier molecular flexibility index (Phi) is 4.14. The highest BCUT2D eigenvalue weighted by Crippen LogP contribution is 2.39. The molecule has 0 spiro atoms. The van der Waals surface area contributed by atoms with Gasteiger partial charge in [0.05, 0.1) is 11.7 Å². The fraction of sp³-hybridized carbons (Fsp3) is 0.455. The number of likely N-dealkylation sites (tertiary alicyclic amines) is 1. The van der Waals surface area contributed by atoms with Gasteiger partial charge in [0.25, 0.3) is 0 Å². The molecule has 1 aromatic carbocycles. The topological polar surface area (TPSA) is 68.7 Å². The van der Waals surface area contributed by atoms with Crippen molar-refractivity contribution in [1.82, 2.24) is 19.5 Å². The van der Waals surface area contributed by atoms with Crippen molar-refractivity contribution in [2.75, 3.05) is 13.6 Å². The summed E-state index contributed by atoms with van der Waals surface area (Å²) < 4.78 is 8.53. The maximum absolute atomic E-state index is 6.44. The highest BCUT2D eigenvalue weighted by molar-refractivity contribution is 5.43. The molecule has 3 atom stereocenters. The molecule has 0 amide bonds. The van der Waals surface area contributed by atoms with Crippen molar-refractivity contribution in [2.45, 2.75) is 50.3 Å². The smallest absolute Gasteiger partial charge is 0.161 e. The molecule has 1 saturated heterocycles. The van der Waals surface area contributed by atoms with Crippen molar-refractivity contribution in [3.05, 3.63) is 59.5 Å². The van der Waals surface area contributed by atoms with Crippen LogP contribution in [0.4, 0.5) is 0 Å². The molecule has 1 aliphatic heterocycles. The second kappa shape index (κ2) is 6.57. The van der Waals surface area contributed by atoms with Crippen LogP contribution < -0.4 is 10.5 Å². The number of hydrogen-bond donors (Lipinski definition) is 1. The second-order valence-corrected chi connectivity index (χ2v) is 8.33. The molecule has 2 aliphatic rings. The number of pyridine rings is 1. The van der Waals surface area contributed by atoms with Gasteiger partial charge in [-0.2, -0.15) is 0 Å². The Balaban J connectivity index is 1.50. The third-order valence-electron chi connectivity index (χ3n) is 6.62. The molecule has 28 heavy (non-hydrogen) atoms. The third kappa shape index (κ3) is 2.71. The van der Waals surface area contributed by atoms with E-state index in [1.807, 2.05) is 18.3 Å². The fourth-order valence-corrected chi connectivity index (χ4v) is 4.76. The maximum atomic E-state index is 6.44. The van der Waals surface area contributed by atoms with E-state index in [1.54, 1.807) is 0 Å². The molecule has 6 nitrogen and oxygen atoms in total. The van der Waals surface area contributed by atoms with Crippen molar-refractivity contribution >= 4 is 5.65 Å². The van der Waals surface area contributed by atoms with Gasteiger partial charge in [0.15, 0.2) is 11.5 Å². The molecule has 1 aliphatic carbocycles. The Morgan fingerprint density at radius 1 is 1.11 bits per heavy atom. The van der Waals surface area contributed by atoms with Gasteiger partial charge >= 0.3 is 0 Å². The molecule has 5 rings (SSSR count). The maximum Gasteiger partial charge on any atom is 0.161 e. The van der Waals surface area contributed by atoms with Crippen LogP contribution in [0.25, 0.3) is 5.65 Å². The first kappa shape index (κ1) is 17.6. The van der Waals surface area contributed by atoms with Crippen LogP contribution in [0, 0.1) is 0 Å². The number of ether oxygens (including phenoxy) is 1. The zero-order chi connectivity index (χ0) is 19.3. The predicted octanol–water partition coefficient (Wildman–Crippen LogP) is 3.58. The van der Waals surface area contributed by atoms with Crippen molar-refractivity contribution in [3.63, 3.8) is 0 Å². The number of nitrogens with two attached hydrogens (primary N) is 1. The van der Waals surface area contributed by atoms with Crippen LogP contribution in [0.1, 0.15) is 61.7 Å². The summed E-state index contributed by atoms with van der Waals surface area (Å²) in [5.74, 6) is 1.83. The van der Waals surface area contributed by atoms with Crippen LogP contribution in [0.2, 0.25) is 0 Å². The van der Waals surface area contributed by atoms with Gasteiger partial charge in [-0.1, -0.05) is 24.3 Å². The van der Waals surface area contributed by atoms with Crippen LogP contribution in [0.5, 0.6) is 5.75 Å². The summed E-state index contributed by atoms with van der Waals surface area (Å²) in [5.41, 5.74) is 9.46. The van der Waals surface area contributed by atoms with Crippen LogP contribution in [-0.2, 0) is 5.54 Å². The molecule has 3 heterocycles. The van der Waals surface area contributed by atoms with Gasteiger partial charge in [0.1, 0.15) is 11.9 Å². The Morgan fingerprint density at radius 2 is 1.93 bits per heavy atom. The highest BCUT2D eigenvalue weighted by atomic mass is 16.5. The van der Waals surface area contributed by atoms with Gasteiger partial charge in [0, 0.05) is 6.04 Å². The Labute approximate surface area is 165 Å². The summed E-state index contributed by atoms with van der Waals surface area (Å²) in [7, 11) is 2.16. The third-order valence-corrected chi connectivity index (χ3v) is 6.62. The van der Waals surface area contributed by atoms with Gasteiger partial charge in [-0.3, -0.25) is 9.30 Å². The van der Waals surface area contributed by atoms with Gasteiger partial charge in [-0.15, -0.1) is 10.2 Å². The standard InChI is InChI=1S/C22H27N5O/c1-22(12-5-13-26(22)2)21-25-24-20-11-8-15(14-27(20)21)28-19-10-9-18(23)16-6-3-4-7-17(16)19/h3-4,6-8,11,14,18-19H,5,9-10,12-13,23H2,1-2H3/t18-,19-,22?/m0/s1.